The summed E-state index contributed by atoms with van der Waals surface area (Å²) in [5.74, 6) is -0.801. The second-order valence-electron chi connectivity index (χ2n) is 6.73. The van der Waals surface area contributed by atoms with E-state index in [0.29, 0.717) is 10.9 Å². The van der Waals surface area contributed by atoms with E-state index < -0.39 is 11.9 Å². The van der Waals surface area contributed by atoms with Crippen molar-refractivity contribution in [3.8, 4) is 0 Å². The Labute approximate surface area is 151 Å². The van der Waals surface area contributed by atoms with Gasteiger partial charge in [0.15, 0.2) is 0 Å². The molecule has 2 fully saturated rings. The summed E-state index contributed by atoms with van der Waals surface area (Å²) in [4.78, 5) is 26.5. The largest absolute Gasteiger partial charge is 0.468 e. The maximum Gasteiger partial charge on any atom is 0.323 e. The summed E-state index contributed by atoms with van der Waals surface area (Å²) < 4.78 is 18.7. The van der Waals surface area contributed by atoms with E-state index in [2.05, 4.69) is 5.32 Å². The number of hydrogen-bond acceptors (Lipinski definition) is 4. The molecule has 1 saturated carbocycles. The average molecular weight is 369 g/mol. The van der Waals surface area contributed by atoms with Crippen molar-refractivity contribution in [2.24, 2.45) is 5.92 Å². The number of anilines is 1. The molecule has 0 unspecified atom stereocenters. The van der Waals surface area contributed by atoms with E-state index in [1.807, 2.05) is 4.90 Å². The van der Waals surface area contributed by atoms with Gasteiger partial charge in [0, 0.05) is 11.1 Å². The van der Waals surface area contributed by atoms with Gasteiger partial charge in [0.2, 0.25) is 5.91 Å². The molecule has 136 valence electrons. The lowest BCUT2D eigenvalue weighted by Crippen LogP contribution is -2.46. The molecule has 7 heteroatoms. The Kier molecular flexibility index (Phi) is 5.59. The number of methoxy groups -OCH3 is 1. The molecule has 0 bridgehead atoms. The molecule has 1 aliphatic carbocycles. The van der Waals surface area contributed by atoms with Gasteiger partial charge in [0.25, 0.3) is 0 Å². The van der Waals surface area contributed by atoms with Crippen molar-refractivity contribution in [1.29, 1.82) is 0 Å². The number of carbonyl (C=O) groups is 2. The number of amides is 1. The summed E-state index contributed by atoms with van der Waals surface area (Å²) in [6, 6.07) is 3.80. The van der Waals surface area contributed by atoms with Crippen molar-refractivity contribution in [1.82, 2.24) is 4.90 Å². The Morgan fingerprint density at radius 3 is 2.88 bits per heavy atom. The first-order chi connectivity index (χ1) is 12.0. The van der Waals surface area contributed by atoms with E-state index in [1.54, 1.807) is 0 Å². The molecular weight excluding hydrogens is 347 g/mol. The first kappa shape index (κ1) is 18.1. The summed E-state index contributed by atoms with van der Waals surface area (Å²) in [5.41, 5.74) is 0.0477. The van der Waals surface area contributed by atoms with Crippen LogP contribution in [0.15, 0.2) is 18.2 Å². The Balaban J connectivity index is 1.72. The lowest BCUT2D eigenvalue weighted by molar-refractivity contribution is -0.146. The second-order valence-corrected chi connectivity index (χ2v) is 7.17. The zero-order valence-electron chi connectivity index (χ0n) is 14.1. The van der Waals surface area contributed by atoms with Gasteiger partial charge in [-0.3, -0.25) is 14.5 Å². The molecule has 1 aromatic rings. The fraction of sp³-hybridized carbons (Fsp3) is 0.556. The van der Waals surface area contributed by atoms with E-state index in [9.17, 15) is 14.0 Å². The second kappa shape index (κ2) is 7.70. The Hall–Kier alpha value is -1.66. The molecule has 1 aromatic carbocycles. The molecule has 5 nitrogen and oxygen atoms in total. The molecule has 2 aliphatic rings. The number of halogens is 2. The first-order valence-corrected chi connectivity index (χ1v) is 8.96. The predicted octanol–water partition coefficient (Wildman–Crippen LogP) is 3.22. The van der Waals surface area contributed by atoms with Crippen LogP contribution in [0.5, 0.6) is 0 Å². The molecule has 1 heterocycles. The minimum absolute atomic E-state index is 0.0346. The van der Waals surface area contributed by atoms with Gasteiger partial charge in [0.05, 0.1) is 19.3 Å². The van der Waals surface area contributed by atoms with Gasteiger partial charge in [-0.05, 0) is 43.4 Å². The van der Waals surface area contributed by atoms with E-state index in [4.69, 9.17) is 16.3 Å². The number of nitrogens with one attached hydrogen (secondary N) is 1. The van der Waals surface area contributed by atoms with Gasteiger partial charge >= 0.3 is 5.97 Å². The maximum absolute atomic E-state index is 13.8. The Morgan fingerprint density at radius 1 is 1.36 bits per heavy atom. The smallest absolute Gasteiger partial charge is 0.323 e. The van der Waals surface area contributed by atoms with Crippen LogP contribution in [0.4, 0.5) is 10.1 Å². The van der Waals surface area contributed by atoms with Gasteiger partial charge in [-0.1, -0.05) is 24.4 Å². The average Bonchev–Trinajstić information content (AvgIpc) is 2.96. The van der Waals surface area contributed by atoms with Crippen LogP contribution < -0.4 is 5.32 Å². The maximum atomic E-state index is 13.8. The molecular formula is C18H22ClFN2O3. The quantitative estimate of drug-likeness (QED) is 0.829. The van der Waals surface area contributed by atoms with Crippen LogP contribution in [-0.2, 0) is 14.3 Å². The minimum atomic E-state index is -0.542. The Morgan fingerprint density at radius 2 is 2.12 bits per heavy atom. The van der Waals surface area contributed by atoms with E-state index in [-0.39, 0.29) is 30.2 Å². The summed E-state index contributed by atoms with van der Waals surface area (Å²) in [7, 11) is 1.36. The number of carbonyl (C=O) groups excluding carboxylic acids is 2. The van der Waals surface area contributed by atoms with Gasteiger partial charge < -0.3 is 10.1 Å². The number of ether oxygens (including phenoxy) is 1. The third-order valence-electron chi connectivity index (χ3n) is 5.22. The van der Waals surface area contributed by atoms with Gasteiger partial charge in [0.1, 0.15) is 11.9 Å². The van der Waals surface area contributed by atoms with Crippen molar-refractivity contribution >= 4 is 29.2 Å². The molecule has 3 rings (SSSR count). The van der Waals surface area contributed by atoms with E-state index >= 15 is 0 Å². The fourth-order valence-electron chi connectivity index (χ4n) is 4.10. The van der Waals surface area contributed by atoms with E-state index in [0.717, 1.165) is 32.1 Å². The number of nitrogens with zero attached hydrogens (tertiary/aromatic N) is 1. The molecule has 1 aliphatic heterocycles. The van der Waals surface area contributed by atoms with Crippen LogP contribution in [0.25, 0.3) is 0 Å². The highest BCUT2D eigenvalue weighted by Crippen LogP contribution is 2.39. The van der Waals surface area contributed by atoms with Crippen LogP contribution in [0.2, 0.25) is 5.02 Å². The highest BCUT2D eigenvalue weighted by molar-refractivity contribution is 6.30. The van der Waals surface area contributed by atoms with Crippen LogP contribution in [-0.4, -0.2) is 42.5 Å². The van der Waals surface area contributed by atoms with Crippen molar-refractivity contribution in [3.05, 3.63) is 29.0 Å². The third kappa shape index (κ3) is 3.96. The van der Waals surface area contributed by atoms with Gasteiger partial charge in [-0.15, -0.1) is 0 Å². The third-order valence-corrected chi connectivity index (χ3v) is 5.46. The van der Waals surface area contributed by atoms with Crippen molar-refractivity contribution in [2.75, 3.05) is 19.0 Å². The van der Waals surface area contributed by atoms with Crippen LogP contribution >= 0.6 is 11.6 Å². The normalized spacial score (nSPS) is 26.1. The predicted molar refractivity (Wildman–Crippen MR) is 92.9 cm³/mol. The van der Waals surface area contributed by atoms with Crippen LogP contribution in [0.1, 0.15) is 32.1 Å². The number of benzene rings is 1. The first-order valence-electron chi connectivity index (χ1n) is 8.58. The number of likely N-dealkylation sites (tertiary alicyclic amines) is 1. The highest BCUT2D eigenvalue weighted by atomic mass is 35.5. The van der Waals surface area contributed by atoms with E-state index in [1.165, 1.54) is 25.3 Å². The molecule has 0 spiro atoms. The van der Waals surface area contributed by atoms with Gasteiger partial charge in [-0.2, -0.15) is 0 Å². The lowest BCUT2D eigenvalue weighted by Gasteiger charge is -2.32. The van der Waals surface area contributed by atoms with Crippen molar-refractivity contribution < 1.29 is 18.7 Å². The zero-order valence-corrected chi connectivity index (χ0v) is 14.9. The highest BCUT2D eigenvalue weighted by Gasteiger charge is 2.46. The zero-order chi connectivity index (χ0) is 18.0. The monoisotopic (exact) mass is 368 g/mol. The number of rotatable bonds is 4. The van der Waals surface area contributed by atoms with Gasteiger partial charge in [-0.25, -0.2) is 4.39 Å². The van der Waals surface area contributed by atoms with Crippen molar-refractivity contribution in [3.63, 3.8) is 0 Å². The number of esters is 1. The molecule has 1 amide bonds. The molecule has 1 N–H and O–H groups in total. The minimum Gasteiger partial charge on any atom is -0.468 e. The Bertz CT molecular complexity index is 670. The topological polar surface area (TPSA) is 58.6 Å². The SMILES string of the molecule is COC(=O)[C@@H]1C[C@H]2CCCC[C@@H]2N1CC(=O)Nc1cc(Cl)ccc1F. The molecule has 0 radical (unpaired) electrons. The lowest BCUT2D eigenvalue weighted by atomic mass is 9.85. The molecule has 3 atom stereocenters. The molecule has 25 heavy (non-hydrogen) atoms. The van der Waals surface area contributed by atoms with Crippen molar-refractivity contribution in [2.45, 2.75) is 44.2 Å². The molecule has 1 saturated heterocycles. The number of hydrogen-bond donors (Lipinski definition) is 1. The summed E-state index contributed by atoms with van der Waals surface area (Å²) in [5, 5.41) is 2.90. The van der Waals surface area contributed by atoms with Crippen LogP contribution in [0.3, 0.4) is 0 Å². The fourth-order valence-corrected chi connectivity index (χ4v) is 4.27. The summed E-state index contributed by atoms with van der Waals surface area (Å²) in [6.07, 6.45) is 5.01. The summed E-state index contributed by atoms with van der Waals surface area (Å²) in [6.45, 7) is 0.0346. The standard InChI is InChI=1S/C18H22ClFN2O3/c1-25-18(24)16-8-11-4-2-3-5-15(11)22(16)10-17(23)21-14-9-12(19)6-7-13(14)20/h6-7,9,11,15-16H,2-5,8,10H2,1H3,(H,21,23)/t11-,15+,16+/m1/s1. The molecule has 0 aromatic heterocycles. The number of fused-ring (bicyclic) bond motifs is 1. The van der Waals surface area contributed by atoms with Crippen LogP contribution in [0, 0.1) is 11.7 Å². The summed E-state index contributed by atoms with van der Waals surface area (Å²) >= 11 is 5.86.